The zero-order valence-electron chi connectivity index (χ0n) is 15.2. The van der Waals surface area contributed by atoms with E-state index in [1.807, 2.05) is 6.08 Å². The summed E-state index contributed by atoms with van der Waals surface area (Å²) in [6.07, 6.45) is 3.66. The summed E-state index contributed by atoms with van der Waals surface area (Å²) in [4.78, 5) is 12.1. The summed E-state index contributed by atoms with van der Waals surface area (Å²) in [7, 11) is 0. The number of hydrogen-bond acceptors (Lipinski definition) is 6. The topological polar surface area (TPSA) is 107 Å². The predicted molar refractivity (Wildman–Crippen MR) is 107 cm³/mol. The van der Waals surface area contributed by atoms with Gasteiger partial charge in [-0.1, -0.05) is 30.4 Å². The highest BCUT2D eigenvalue weighted by atomic mass is 16.5. The first-order valence-corrected chi connectivity index (χ1v) is 8.97. The Bertz CT molecular complexity index is 1110. The number of rotatable bonds is 3. The Morgan fingerprint density at radius 3 is 2.31 bits per heavy atom. The lowest BCUT2D eigenvalue weighted by Gasteiger charge is -2.27. The average molecular weight is 390 g/mol. The summed E-state index contributed by atoms with van der Waals surface area (Å²) in [6.45, 7) is 0. The number of hydrogen-bond donors (Lipinski definition) is 4. The Morgan fingerprint density at radius 1 is 0.828 bits per heavy atom. The number of benzene rings is 3. The summed E-state index contributed by atoms with van der Waals surface area (Å²) in [5, 5.41) is 39.0. The normalized spacial score (nSPS) is 15.9. The average Bonchev–Trinajstić information content (AvgIpc) is 2.68. The maximum atomic E-state index is 12.1. The van der Waals surface area contributed by atoms with Crippen LogP contribution in [-0.4, -0.2) is 26.4 Å². The van der Waals surface area contributed by atoms with E-state index in [0.29, 0.717) is 16.7 Å². The first kappa shape index (κ1) is 18.4. The monoisotopic (exact) mass is 390 g/mol. The van der Waals surface area contributed by atoms with Crippen molar-refractivity contribution in [2.75, 3.05) is 0 Å². The quantitative estimate of drug-likeness (QED) is 0.232. The number of carbonyl (C=O) groups excluding carboxylic acids is 1. The van der Waals surface area contributed by atoms with Gasteiger partial charge in [0.2, 0.25) is 0 Å². The van der Waals surface area contributed by atoms with E-state index in [0.717, 1.165) is 5.56 Å². The van der Waals surface area contributed by atoms with Gasteiger partial charge in [-0.25, -0.2) is 0 Å². The first-order valence-electron chi connectivity index (χ1n) is 8.97. The molecule has 4 rings (SSSR count). The largest absolute Gasteiger partial charge is 0.508 e. The van der Waals surface area contributed by atoms with Crippen molar-refractivity contribution >= 4 is 18.1 Å². The molecular weight excluding hydrogens is 372 g/mol. The Morgan fingerprint density at radius 2 is 1.59 bits per heavy atom. The molecule has 4 N–H and O–H groups in total. The molecule has 6 nitrogen and oxygen atoms in total. The molecule has 0 saturated heterocycles. The zero-order chi connectivity index (χ0) is 20.5. The van der Waals surface area contributed by atoms with Gasteiger partial charge in [-0.05, 0) is 47.0 Å². The van der Waals surface area contributed by atoms with Gasteiger partial charge in [-0.2, -0.15) is 0 Å². The van der Waals surface area contributed by atoms with Gasteiger partial charge in [0, 0.05) is 17.5 Å². The van der Waals surface area contributed by atoms with Gasteiger partial charge in [0.25, 0.3) is 0 Å². The molecule has 6 heteroatoms. The van der Waals surface area contributed by atoms with E-state index in [4.69, 9.17) is 4.74 Å². The Labute approximate surface area is 166 Å². The summed E-state index contributed by atoms with van der Waals surface area (Å²) in [6, 6.07) is 14.0. The summed E-state index contributed by atoms with van der Waals surface area (Å²) >= 11 is 0. The van der Waals surface area contributed by atoms with Crippen molar-refractivity contribution in [3.05, 3.63) is 76.9 Å². The van der Waals surface area contributed by atoms with Crippen LogP contribution in [0.3, 0.4) is 0 Å². The number of phenolic OH excluding ortho intramolecular Hbond substituents is 4. The number of fused-ring (bicyclic) bond motifs is 1. The van der Waals surface area contributed by atoms with Crippen molar-refractivity contribution in [3.8, 4) is 28.7 Å². The molecule has 0 radical (unpaired) electrons. The molecule has 1 atom stereocenters. The Balaban J connectivity index is 1.82. The van der Waals surface area contributed by atoms with Crippen LogP contribution >= 0.6 is 0 Å². The molecule has 1 aliphatic heterocycles. The van der Waals surface area contributed by atoms with E-state index < -0.39 is 11.9 Å². The van der Waals surface area contributed by atoms with Crippen LogP contribution in [0.25, 0.3) is 12.2 Å². The Hall–Kier alpha value is -3.93. The zero-order valence-corrected chi connectivity index (χ0v) is 15.2. The van der Waals surface area contributed by atoms with Crippen LogP contribution in [0.1, 0.15) is 34.6 Å². The van der Waals surface area contributed by atoms with Crippen LogP contribution in [0, 0.1) is 0 Å². The van der Waals surface area contributed by atoms with E-state index in [9.17, 15) is 25.2 Å². The summed E-state index contributed by atoms with van der Waals surface area (Å²) in [5.41, 5.74) is 2.83. The smallest absolute Gasteiger partial charge is 0.312 e. The molecule has 1 heterocycles. The summed E-state index contributed by atoms with van der Waals surface area (Å²) in [5.74, 6) is -1.02. The van der Waals surface area contributed by atoms with Crippen molar-refractivity contribution in [1.82, 2.24) is 0 Å². The summed E-state index contributed by atoms with van der Waals surface area (Å²) < 4.78 is 5.35. The van der Waals surface area contributed by atoms with Gasteiger partial charge in [0.05, 0.1) is 6.42 Å². The molecule has 1 aliphatic rings. The van der Waals surface area contributed by atoms with Crippen molar-refractivity contribution in [3.63, 3.8) is 0 Å². The van der Waals surface area contributed by atoms with Gasteiger partial charge in [-0.3, -0.25) is 4.79 Å². The highest BCUT2D eigenvalue weighted by Gasteiger charge is 2.31. The van der Waals surface area contributed by atoms with Gasteiger partial charge >= 0.3 is 5.97 Å². The molecule has 3 aromatic carbocycles. The number of aromatic hydroxyl groups is 4. The number of ether oxygens (including phenoxy) is 1. The van der Waals surface area contributed by atoms with Crippen LogP contribution in [0.4, 0.5) is 0 Å². The molecular formula is C23H18O6. The van der Waals surface area contributed by atoms with Gasteiger partial charge in [-0.15, -0.1) is 0 Å². The second-order valence-electron chi connectivity index (χ2n) is 6.85. The maximum Gasteiger partial charge on any atom is 0.312 e. The van der Waals surface area contributed by atoms with Crippen molar-refractivity contribution in [1.29, 1.82) is 0 Å². The number of phenols is 4. The van der Waals surface area contributed by atoms with E-state index >= 15 is 0 Å². The first-order chi connectivity index (χ1) is 13.9. The van der Waals surface area contributed by atoms with E-state index in [1.54, 1.807) is 42.5 Å². The molecule has 0 aliphatic carbocycles. The second kappa shape index (κ2) is 7.24. The fourth-order valence-corrected chi connectivity index (χ4v) is 3.47. The van der Waals surface area contributed by atoms with Crippen molar-refractivity contribution < 1.29 is 30.0 Å². The minimum atomic E-state index is -0.450. The molecule has 3 aromatic rings. The second-order valence-corrected chi connectivity index (χ2v) is 6.85. The molecule has 0 amide bonds. The maximum absolute atomic E-state index is 12.1. The molecule has 0 aromatic heterocycles. The third kappa shape index (κ3) is 3.73. The van der Waals surface area contributed by atoms with Crippen molar-refractivity contribution in [2.24, 2.45) is 0 Å². The van der Waals surface area contributed by atoms with Crippen LogP contribution in [0.2, 0.25) is 0 Å². The van der Waals surface area contributed by atoms with Gasteiger partial charge in [0.15, 0.2) is 11.5 Å². The number of carbonyl (C=O) groups is 1. The molecule has 0 fully saturated rings. The lowest BCUT2D eigenvalue weighted by atomic mass is 9.83. The van der Waals surface area contributed by atoms with Crippen LogP contribution in [0.15, 0.2) is 54.6 Å². The molecule has 0 bridgehead atoms. The van der Waals surface area contributed by atoms with Gasteiger partial charge < -0.3 is 25.2 Å². The SMILES string of the molecule is O=C1CC(c2ccc(O)c(O)c2)c2c(/C=C/c3ccc(O)cc3)cc(O)cc2O1. The third-order valence-corrected chi connectivity index (χ3v) is 4.85. The van der Waals surface area contributed by atoms with Crippen LogP contribution < -0.4 is 4.74 Å². The highest BCUT2D eigenvalue weighted by molar-refractivity contribution is 5.82. The van der Waals surface area contributed by atoms with Crippen LogP contribution in [0.5, 0.6) is 28.7 Å². The molecule has 146 valence electrons. The van der Waals surface area contributed by atoms with E-state index in [1.165, 1.54) is 18.2 Å². The Kier molecular flexibility index (Phi) is 4.60. The third-order valence-electron chi connectivity index (χ3n) is 4.85. The van der Waals surface area contributed by atoms with Gasteiger partial charge in [0.1, 0.15) is 17.2 Å². The van der Waals surface area contributed by atoms with Crippen LogP contribution in [-0.2, 0) is 4.79 Å². The molecule has 0 saturated carbocycles. The lowest BCUT2D eigenvalue weighted by Crippen LogP contribution is -2.21. The predicted octanol–water partition coefficient (Wildman–Crippen LogP) is 4.12. The fraction of sp³-hybridized carbons (Fsp3) is 0.0870. The molecule has 1 unspecified atom stereocenters. The van der Waals surface area contributed by atoms with E-state index in [2.05, 4.69) is 0 Å². The minimum absolute atomic E-state index is 0.0453. The lowest BCUT2D eigenvalue weighted by molar-refractivity contribution is -0.135. The minimum Gasteiger partial charge on any atom is -0.508 e. The standard InChI is InChI=1S/C23H18O6/c24-16-6-2-13(3-7-16)1-4-15-9-17(25)11-21-23(15)18(12-22(28)29-21)14-5-8-19(26)20(27)10-14/h1-11,18,24-27H,12H2/b4-1+. The molecule has 29 heavy (non-hydrogen) atoms. The fourth-order valence-electron chi connectivity index (χ4n) is 3.47. The van der Waals surface area contributed by atoms with E-state index in [-0.39, 0.29) is 35.2 Å². The van der Waals surface area contributed by atoms with Crippen molar-refractivity contribution in [2.45, 2.75) is 12.3 Å². The molecule has 0 spiro atoms. The number of esters is 1. The highest BCUT2D eigenvalue weighted by Crippen LogP contribution is 2.44.